The van der Waals surface area contributed by atoms with Gasteiger partial charge in [0.2, 0.25) is 5.90 Å². The molecule has 2 nitrogen and oxygen atoms in total. The summed E-state index contributed by atoms with van der Waals surface area (Å²) in [5.41, 5.74) is 0.608. The molecule has 0 aromatic heterocycles. The lowest BCUT2D eigenvalue weighted by Crippen LogP contribution is -2.25. The van der Waals surface area contributed by atoms with E-state index in [2.05, 4.69) is 11.6 Å². The summed E-state index contributed by atoms with van der Waals surface area (Å²) in [5, 5.41) is 0. The molecule has 13 heavy (non-hydrogen) atoms. The van der Waals surface area contributed by atoms with E-state index < -0.39 is 3.79 Å². The highest BCUT2D eigenvalue weighted by Crippen LogP contribution is 2.35. The molecule has 5 heteroatoms. The molecule has 1 heterocycles. The van der Waals surface area contributed by atoms with E-state index in [1.807, 2.05) is 13.8 Å². The summed E-state index contributed by atoms with van der Waals surface area (Å²) in [4.78, 5) is 3.97. The molecule has 0 fully saturated rings. The zero-order valence-corrected chi connectivity index (χ0v) is 9.62. The Morgan fingerprint density at radius 3 is 2.23 bits per heavy atom. The highest BCUT2D eigenvalue weighted by Gasteiger charge is 2.38. The molecular formula is C8H10Cl3NO. The highest BCUT2D eigenvalue weighted by molar-refractivity contribution is 6.76. The summed E-state index contributed by atoms with van der Waals surface area (Å²) >= 11 is 16.8. The van der Waals surface area contributed by atoms with Crippen LogP contribution in [0.15, 0.2) is 17.3 Å². The molecule has 0 N–H and O–H groups in total. The van der Waals surface area contributed by atoms with Crippen LogP contribution in [0, 0.1) is 5.92 Å². The van der Waals surface area contributed by atoms with Gasteiger partial charge in [0, 0.05) is 0 Å². The Kier molecular flexibility index (Phi) is 3.16. The van der Waals surface area contributed by atoms with Crippen molar-refractivity contribution in [2.45, 2.75) is 23.7 Å². The summed E-state index contributed by atoms with van der Waals surface area (Å²) in [6, 6.07) is 0. The van der Waals surface area contributed by atoms with Gasteiger partial charge in [-0.1, -0.05) is 55.2 Å². The van der Waals surface area contributed by atoms with Crippen molar-refractivity contribution in [2.75, 3.05) is 0 Å². The molecule has 0 saturated heterocycles. The van der Waals surface area contributed by atoms with Crippen LogP contribution in [0.1, 0.15) is 13.8 Å². The SMILES string of the molecule is C=C1N=C(C(Cl)(Cl)Cl)OC1C(C)C. The van der Waals surface area contributed by atoms with Crippen molar-refractivity contribution in [3.05, 3.63) is 12.3 Å². The number of hydrogen-bond donors (Lipinski definition) is 0. The van der Waals surface area contributed by atoms with E-state index in [1.54, 1.807) is 0 Å². The van der Waals surface area contributed by atoms with Crippen LogP contribution in [0.25, 0.3) is 0 Å². The van der Waals surface area contributed by atoms with E-state index in [0.717, 1.165) is 0 Å². The Labute approximate surface area is 92.5 Å². The van der Waals surface area contributed by atoms with Crippen molar-refractivity contribution in [2.24, 2.45) is 10.9 Å². The average molecular weight is 243 g/mol. The first-order valence-electron chi connectivity index (χ1n) is 3.83. The van der Waals surface area contributed by atoms with Gasteiger partial charge < -0.3 is 4.74 Å². The van der Waals surface area contributed by atoms with Crippen LogP contribution in [-0.2, 0) is 4.74 Å². The van der Waals surface area contributed by atoms with E-state index in [-0.39, 0.29) is 17.9 Å². The first-order valence-corrected chi connectivity index (χ1v) is 4.97. The van der Waals surface area contributed by atoms with Crippen molar-refractivity contribution in [1.82, 2.24) is 0 Å². The minimum absolute atomic E-state index is 0.112. The average Bonchev–Trinajstić information content (AvgIpc) is 2.29. The predicted molar refractivity (Wildman–Crippen MR) is 56.6 cm³/mol. The zero-order valence-electron chi connectivity index (χ0n) is 7.35. The van der Waals surface area contributed by atoms with Gasteiger partial charge in [-0.2, -0.15) is 0 Å². The predicted octanol–water partition coefficient (Wildman–Crippen LogP) is 3.32. The number of aliphatic imine (C=N–C) groups is 1. The summed E-state index contributed by atoms with van der Waals surface area (Å²) in [6.07, 6.45) is -0.175. The lowest BCUT2D eigenvalue weighted by atomic mass is 10.1. The Morgan fingerprint density at radius 2 is 2.00 bits per heavy atom. The molecule has 0 radical (unpaired) electrons. The van der Waals surface area contributed by atoms with Crippen LogP contribution in [0.2, 0.25) is 0 Å². The monoisotopic (exact) mass is 241 g/mol. The number of halogens is 3. The number of alkyl halides is 3. The first kappa shape index (κ1) is 11.2. The topological polar surface area (TPSA) is 21.6 Å². The van der Waals surface area contributed by atoms with Crippen molar-refractivity contribution in [3.63, 3.8) is 0 Å². The van der Waals surface area contributed by atoms with Crippen LogP contribution in [0.5, 0.6) is 0 Å². The molecule has 0 saturated carbocycles. The van der Waals surface area contributed by atoms with E-state index >= 15 is 0 Å². The van der Waals surface area contributed by atoms with Gasteiger partial charge in [0.25, 0.3) is 3.79 Å². The molecule has 0 aromatic carbocycles. The maximum atomic E-state index is 5.61. The zero-order chi connectivity index (χ0) is 10.2. The quantitative estimate of drug-likeness (QED) is 0.647. The van der Waals surface area contributed by atoms with Gasteiger partial charge in [-0.25, -0.2) is 4.99 Å². The van der Waals surface area contributed by atoms with Gasteiger partial charge in [0.15, 0.2) is 0 Å². The number of hydrogen-bond acceptors (Lipinski definition) is 2. The molecule has 1 rings (SSSR count). The summed E-state index contributed by atoms with van der Waals surface area (Å²) in [5.74, 6) is 0.377. The maximum Gasteiger partial charge on any atom is 0.266 e. The second kappa shape index (κ2) is 3.68. The van der Waals surface area contributed by atoms with Crippen LogP contribution in [-0.4, -0.2) is 15.8 Å². The van der Waals surface area contributed by atoms with Crippen LogP contribution >= 0.6 is 34.8 Å². The smallest absolute Gasteiger partial charge is 0.266 e. The minimum atomic E-state index is -1.59. The molecule has 0 amide bonds. The maximum absolute atomic E-state index is 5.61. The summed E-state index contributed by atoms with van der Waals surface area (Å²) in [7, 11) is 0. The third kappa shape index (κ3) is 2.52. The number of rotatable bonds is 1. The first-order chi connectivity index (χ1) is 5.82. The van der Waals surface area contributed by atoms with E-state index in [0.29, 0.717) is 5.70 Å². The minimum Gasteiger partial charge on any atom is -0.468 e. The number of nitrogens with zero attached hydrogens (tertiary/aromatic N) is 1. The van der Waals surface area contributed by atoms with E-state index in [9.17, 15) is 0 Å². The molecule has 0 spiro atoms. The fourth-order valence-corrected chi connectivity index (χ4v) is 1.32. The summed E-state index contributed by atoms with van der Waals surface area (Å²) < 4.78 is 3.76. The highest BCUT2D eigenvalue weighted by atomic mass is 35.6. The van der Waals surface area contributed by atoms with Crippen molar-refractivity contribution < 1.29 is 4.74 Å². The third-order valence-corrected chi connectivity index (χ3v) is 2.15. The van der Waals surface area contributed by atoms with Gasteiger partial charge in [-0.15, -0.1) is 0 Å². The molecular weight excluding hydrogens is 232 g/mol. The second-order valence-corrected chi connectivity index (χ2v) is 5.47. The number of ether oxygens (including phenoxy) is 1. The van der Waals surface area contributed by atoms with Crippen molar-refractivity contribution in [1.29, 1.82) is 0 Å². The van der Waals surface area contributed by atoms with E-state index in [1.165, 1.54) is 0 Å². The molecule has 1 aliphatic heterocycles. The lowest BCUT2D eigenvalue weighted by molar-refractivity contribution is 0.189. The molecule has 1 atom stereocenters. The fraction of sp³-hybridized carbons (Fsp3) is 0.625. The van der Waals surface area contributed by atoms with E-state index in [4.69, 9.17) is 39.5 Å². The second-order valence-electron chi connectivity index (χ2n) is 3.19. The van der Waals surface area contributed by atoms with Gasteiger partial charge >= 0.3 is 0 Å². The van der Waals surface area contributed by atoms with Gasteiger partial charge in [-0.05, 0) is 5.92 Å². The van der Waals surface area contributed by atoms with Gasteiger partial charge in [0.1, 0.15) is 6.10 Å². The third-order valence-electron chi connectivity index (χ3n) is 1.66. The standard InChI is InChI=1S/C8H10Cl3NO/c1-4(2)6-5(3)12-7(13-6)8(9,10)11/h4,6H,3H2,1-2H3. The molecule has 0 aliphatic carbocycles. The Bertz CT molecular complexity index is 255. The lowest BCUT2D eigenvalue weighted by Gasteiger charge is -2.17. The Balaban J connectivity index is 2.77. The molecule has 0 bridgehead atoms. The molecule has 1 unspecified atom stereocenters. The molecule has 74 valence electrons. The van der Waals surface area contributed by atoms with Gasteiger partial charge in [-0.3, -0.25) is 0 Å². The Hall–Kier alpha value is 0.0800. The van der Waals surface area contributed by atoms with Crippen molar-refractivity contribution >= 4 is 40.7 Å². The van der Waals surface area contributed by atoms with Crippen LogP contribution < -0.4 is 0 Å². The van der Waals surface area contributed by atoms with Crippen LogP contribution in [0.4, 0.5) is 0 Å². The van der Waals surface area contributed by atoms with Gasteiger partial charge in [0.05, 0.1) is 5.70 Å². The Morgan fingerprint density at radius 1 is 1.46 bits per heavy atom. The van der Waals surface area contributed by atoms with Crippen molar-refractivity contribution in [3.8, 4) is 0 Å². The van der Waals surface area contributed by atoms with Crippen LogP contribution in [0.3, 0.4) is 0 Å². The fourth-order valence-electron chi connectivity index (χ4n) is 1.06. The largest absolute Gasteiger partial charge is 0.468 e. The normalized spacial score (nSPS) is 23.4. The summed E-state index contributed by atoms with van der Waals surface area (Å²) in [6.45, 7) is 7.72. The molecule has 0 aromatic rings. The molecule has 1 aliphatic rings.